The molecule has 2 rings (SSSR count). The van der Waals surface area contributed by atoms with Crippen LogP contribution in [0.3, 0.4) is 0 Å². The van der Waals surface area contributed by atoms with Gasteiger partial charge >= 0.3 is 0 Å². The molecule has 0 aliphatic carbocycles. The highest BCUT2D eigenvalue weighted by molar-refractivity contribution is 6.31. The summed E-state index contributed by atoms with van der Waals surface area (Å²) in [4.78, 5) is 12.2. The maximum atomic E-state index is 13.1. The molecule has 0 saturated carbocycles. The Hall–Kier alpha value is -2.07. The van der Waals surface area contributed by atoms with E-state index in [1.54, 1.807) is 12.1 Å². The zero-order valence-electron chi connectivity index (χ0n) is 11.5. The molecule has 0 heterocycles. The van der Waals surface area contributed by atoms with E-state index in [0.29, 0.717) is 17.9 Å². The van der Waals surface area contributed by atoms with E-state index in [-0.39, 0.29) is 10.9 Å². The number of benzene rings is 2. The Bertz CT molecular complexity index is 619. The first-order valence-corrected chi connectivity index (χ1v) is 6.95. The molecule has 110 valence electrons. The maximum Gasteiger partial charge on any atom is 0.265 e. The predicted octanol–water partition coefficient (Wildman–Crippen LogP) is 4.28. The smallest absolute Gasteiger partial charge is 0.265 e. The van der Waals surface area contributed by atoms with Crippen LogP contribution in [0.25, 0.3) is 0 Å². The van der Waals surface area contributed by atoms with Gasteiger partial charge in [0.15, 0.2) is 6.10 Å². The van der Waals surface area contributed by atoms with Gasteiger partial charge in [-0.2, -0.15) is 0 Å². The SMILES string of the molecule is CCC(Oc1ccccc1)C(=O)Nc1ccc(F)c(Cl)c1. The Morgan fingerprint density at radius 1 is 1.29 bits per heavy atom. The van der Waals surface area contributed by atoms with Gasteiger partial charge in [0.2, 0.25) is 0 Å². The summed E-state index contributed by atoms with van der Waals surface area (Å²) in [6.07, 6.45) is -0.119. The predicted molar refractivity (Wildman–Crippen MR) is 81.2 cm³/mol. The van der Waals surface area contributed by atoms with E-state index < -0.39 is 11.9 Å². The van der Waals surface area contributed by atoms with Crippen LogP contribution in [-0.4, -0.2) is 12.0 Å². The number of carbonyl (C=O) groups excluding carboxylic acids is 1. The van der Waals surface area contributed by atoms with Crippen LogP contribution in [0.1, 0.15) is 13.3 Å². The number of halogens is 2. The van der Waals surface area contributed by atoms with Crippen molar-refractivity contribution in [3.63, 3.8) is 0 Å². The molecule has 1 amide bonds. The van der Waals surface area contributed by atoms with Crippen molar-refractivity contribution >= 4 is 23.2 Å². The highest BCUT2D eigenvalue weighted by Crippen LogP contribution is 2.20. The lowest BCUT2D eigenvalue weighted by molar-refractivity contribution is -0.122. The van der Waals surface area contributed by atoms with Crippen molar-refractivity contribution < 1.29 is 13.9 Å². The topological polar surface area (TPSA) is 38.3 Å². The molecule has 0 aromatic heterocycles. The molecule has 0 saturated heterocycles. The van der Waals surface area contributed by atoms with Crippen molar-refractivity contribution in [3.8, 4) is 5.75 Å². The number of carbonyl (C=O) groups is 1. The largest absolute Gasteiger partial charge is 0.481 e. The van der Waals surface area contributed by atoms with E-state index in [1.807, 2.05) is 25.1 Å². The highest BCUT2D eigenvalue weighted by Gasteiger charge is 2.18. The minimum atomic E-state index is -0.628. The fourth-order valence-electron chi connectivity index (χ4n) is 1.78. The standard InChI is InChI=1S/C16H15ClFNO2/c1-2-15(21-12-6-4-3-5-7-12)16(20)19-11-8-9-14(18)13(17)10-11/h3-10,15H,2H2,1H3,(H,19,20). The minimum absolute atomic E-state index is 0.0372. The molecule has 0 radical (unpaired) electrons. The molecule has 0 bridgehead atoms. The van der Waals surface area contributed by atoms with Crippen molar-refractivity contribution in [1.29, 1.82) is 0 Å². The molecular weight excluding hydrogens is 293 g/mol. The summed E-state index contributed by atoms with van der Waals surface area (Å²) < 4.78 is 18.7. The molecule has 1 N–H and O–H groups in total. The number of anilines is 1. The second-order valence-corrected chi connectivity index (χ2v) is 4.85. The lowest BCUT2D eigenvalue weighted by Gasteiger charge is -2.17. The Kier molecular flexibility index (Phi) is 5.17. The third-order valence-electron chi connectivity index (χ3n) is 2.87. The van der Waals surface area contributed by atoms with Crippen LogP contribution in [0.5, 0.6) is 5.75 Å². The zero-order chi connectivity index (χ0) is 15.2. The number of ether oxygens (including phenoxy) is 1. The van der Waals surface area contributed by atoms with Crippen LogP contribution in [0.15, 0.2) is 48.5 Å². The van der Waals surface area contributed by atoms with Crippen molar-refractivity contribution in [3.05, 3.63) is 59.4 Å². The van der Waals surface area contributed by atoms with E-state index in [2.05, 4.69) is 5.32 Å². The van der Waals surface area contributed by atoms with Gasteiger partial charge in [0, 0.05) is 5.69 Å². The summed E-state index contributed by atoms with van der Waals surface area (Å²) in [5.74, 6) is -0.206. The minimum Gasteiger partial charge on any atom is -0.481 e. The van der Waals surface area contributed by atoms with Crippen molar-refractivity contribution in [2.24, 2.45) is 0 Å². The molecule has 5 heteroatoms. The van der Waals surface area contributed by atoms with E-state index >= 15 is 0 Å². The average molecular weight is 308 g/mol. The maximum absolute atomic E-state index is 13.1. The lowest BCUT2D eigenvalue weighted by atomic mass is 10.2. The molecule has 0 spiro atoms. The molecule has 21 heavy (non-hydrogen) atoms. The third kappa shape index (κ3) is 4.20. The van der Waals surface area contributed by atoms with Crippen molar-refractivity contribution in [2.45, 2.75) is 19.4 Å². The second-order valence-electron chi connectivity index (χ2n) is 4.45. The first-order chi connectivity index (χ1) is 10.1. The van der Waals surface area contributed by atoms with Gasteiger partial charge in [-0.3, -0.25) is 4.79 Å². The number of hydrogen-bond acceptors (Lipinski definition) is 2. The summed E-state index contributed by atoms with van der Waals surface area (Å²) >= 11 is 5.68. The molecule has 0 fully saturated rings. The van der Waals surface area contributed by atoms with Gasteiger partial charge < -0.3 is 10.1 Å². The highest BCUT2D eigenvalue weighted by atomic mass is 35.5. The number of amides is 1. The second kappa shape index (κ2) is 7.09. The fourth-order valence-corrected chi connectivity index (χ4v) is 1.96. The van der Waals surface area contributed by atoms with Crippen LogP contribution in [-0.2, 0) is 4.79 Å². The summed E-state index contributed by atoms with van der Waals surface area (Å²) in [6.45, 7) is 1.85. The Morgan fingerprint density at radius 2 is 2.00 bits per heavy atom. The van der Waals surface area contributed by atoms with Crippen LogP contribution >= 0.6 is 11.6 Å². The van der Waals surface area contributed by atoms with Crippen LogP contribution in [0, 0.1) is 5.82 Å². The first kappa shape index (κ1) is 15.3. The van der Waals surface area contributed by atoms with Crippen LogP contribution in [0.4, 0.5) is 10.1 Å². The zero-order valence-corrected chi connectivity index (χ0v) is 12.2. The summed E-state index contributed by atoms with van der Waals surface area (Å²) in [6, 6.07) is 13.1. The van der Waals surface area contributed by atoms with Crippen LogP contribution in [0.2, 0.25) is 5.02 Å². The summed E-state index contributed by atoms with van der Waals surface area (Å²) in [7, 11) is 0. The summed E-state index contributed by atoms with van der Waals surface area (Å²) in [5, 5.41) is 2.63. The Labute approximate surface area is 127 Å². The number of rotatable bonds is 5. The number of hydrogen-bond donors (Lipinski definition) is 1. The number of para-hydroxylation sites is 1. The average Bonchev–Trinajstić information content (AvgIpc) is 2.49. The van der Waals surface area contributed by atoms with E-state index in [0.717, 1.165) is 0 Å². The Balaban J connectivity index is 2.04. The monoisotopic (exact) mass is 307 g/mol. The molecule has 0 aliphatic heterocycles. The molecule has 1 unspecified atom stereocenters. The van der Waals surface area contributed by atoms with Gasteiger partial charge in [0.05, 0.1) is 5.02 Å². The van der Waals surface area contributed by atoms with Gasteiger partial charge in [0.25, 0.3) is 5.91 Å². The Morgan fingerprint density at radius 3 is 2.62 bits per heavy atom. The van der Waals surface area contributed by atoms with Gasteiger partial charge in [0.1, 0.15) is 11.6 Å². The number of nitrogens with one attached hydrogen (secondary N) is 1. The lowest BCUT2D eigenvalue weighted by Crippen LogP contribution is -2.32. The van der Waals surface area contributed by atoms with E-state index in [4.69, 9.17) is 16.3 Å². The summed E-state index contributed by atoms with van der Waals surface area (Å²) in [5.41, 5.74) is 0.432. The van der Waals surface area contributed by atoms with Crippen molar-refractivity contribution in [2.75, 3.05) is 5.32 Å². The van der Waals surface area contributed by atoms with Gasteiger partial charge in [-0.25, -0.2) is 4.39 Å². The molecule has 3 nitrogen and oxygen atoms in total. The van der Waals surface area contributed by atoms with Gasteiger partial charge in [-0.05, 0) is 36.8 Å². The molecule has 2 aromatic carbocycles. The molecule has 1 atom stereocenters. The van der Waals surface area contributed by atoms with Gasteiger partial charge in [-0.1, -0.05) is 36.7 Å². The van der Waals surface area contributed by atoms with E-state index in [9.17, 15) is 9.18 Å². The molecular formula is C16H15ClFNO2. The van der Waals surface area contributed by atoms with Gasteiger partial charge in [-0.15, -0.1) is 0 Å². The van der Waals surface area contributed by atoms with E-state index in [1.165, 1.54) is 18.2 Å². The van der Waals surface area contributed by atoms with Crippen LogP contribution < -0.4 is 10.1 Å². The quantitative estimate of drug-likeness (QED) is 0.895. The molecule has 2 aromatic rings. The fraction of sp³-hybridized carbons (Fsp3) is 0.188. The molecule has 0 aliphatic rings. The first-order valence-electron chi connectivity index (χ1n) is 6.57. The van der Waals surface area contributed by atoms with Crippen molar-refractivity contribution in [1.82, 2.24) is 0 Å². The normalized spacial score (nSPS) is 11.8. The third-order valence-corrected chi connectivity index (χ3v) is 3.16.